The Morgan fingerprint density at radius 1 is 1.15 bits per heavy atom. The largest absolute Gasteiger partial charge is 0.477 e. The van der Waals surface area contributed by atoms with Gasteiger partial charge in [0.05, 0.1) is 12.5 Å². The van der Waals surface area contributed by atoms with Gasteiger partial charge in [0.1, 0.15) is 16.1 Å². The first kappa shape index (κ1) is 17.6. The number of halogens is 1. The average molecular weight is 414 g/mol. The molecule has 0 atom stereocenters. The molecule has 26 heavy (non-hydrogen) atoms. The molecule has 3 aromatic rings. The molecule has 1 aromatic carbocycles. The Kier molecular flexibility index (Phi) is 5.23. The molecule has 0 amide bonds. The molecule has 0 aliphatic carbocycles. The molecule has 7 nitrogen and oxygen atoms in total. The van der Waals surface area contributed by atoms with E-state index < -0.39 is 5.97 Å². The van der Waals surface area contributed by atoms with Crippen LogP contribution in [-0.2, 0) is 4.79 Å². The second-order valence-electron chi connectivity index (χ2n) is 5.09. The summed E-state index contributed by atoms with van der Waals surface area (Å²) in [5, 5.41) is 12.1. The molecule has 0 aliphatic rings. The van der Waals surface area contributed by atoms with Crippen LogP contribution in [-0.4, -0.2) is 26.8 Å². The minimum absolute atomic E-state index is 0.00262. The normalized spacial score (nSPS) is 11.2. The first-order valence-corrected chi connectivity index (χ1v) is 8.21. The quantitative estimate of drug-likeness (QED) is 0.469. The molecular formula is C18H12BrN3O4. The van der Waals surface area contributed by atoms with Gasteiger partial charge in [0.25, 0.3) is 0 Å². The SMILES string of the molecule is O=C(O)/C(=C\c1ccco1)Nc1ncc(Br)nc1C(=O)c1ccccc1. The Hall–Kier alpha value is -3.26. The Morgan fingerprint density at radius 3 is 2.58 bits per heavy atom. The maximum Gasteiger partial charge on any atom is 0.352 e. The van der Waals surface area contributed by atoms with E-state index in [0.29, 0.717) is 15.9 Å². The average Bonchev–Trinajstić information content (AvgIpc) is 3.15. The van der Waals surface area contributed by atoms with Crippen molar-refractivity contribution >= 4 is 39.6 Å². The Morgan fingerprint density at radius 2 is 1.92 bits per heavy atom. The molecule has 2 aromatic heterocycles. The van der Waals surface area contributed by atoms with Gasteiger partial charge in [-0.25, -0.2) is 14.8 Å². The molecule has 0 spiro atoms. The predicted octanol–water partition coefficient (Wildman–Crippen LogP) is 3.60. The number of nitrogens with zero attached hydrogens (tertiary/aromatic N) is 2. The van der Waals surface area contributed by atoms with Gasteiger partial charge in [-0.05, 0) is 28.1 Å². The number of anilines is 1. The number of carbonyl (C=O) groups excluding carboxylic acids is 1. The highest BCUT2D eigenvalue weighted by Crippen LogP contribution is 2.20. The van der Waals surface area contributed by atoms with E-state index in [4.69, 9.17) is 4.42 Å². The molecule has 130 valence electrons. The van der Waals surface area contributed by atoms with Gasteiger partial charge in [-0.1, -0.05) is 30.3 Å². The third-order valence-electron chi connectivity index (χ3n) is 3.31. The fourth-order valence-corrected chi connectivity index (χ4v) is 2.42. The highest BCUT2D eigenvalue weighted by Gasteiger charge is 2.20. The molecule has 0 radical (unpaired) electrons. The third-order valence-corrected chi connectivity index (χ3v) is 3.69. The van der Waals surface area contributed by atoms with Gasteiger partial charge in [0.15, 0.2) is 11.5 Å². The summed E-state index contributed by atoms with van der Waals surface area (Å²) in [5.74, 6) is -1.24. The number of aliphatic carboxylic acids is 1. The zero-order valence-electron chi connectivity index (χ0n) is 13.2. The topological polar surface area (TPSA) is 105 Å². The van der Waals surface area contributed by atoms with Gasteiger partial charge >= 0.3 is 5.97 Å². The van der Waals surface area contributed by atoms with Crippen LogP contribution in [0.25, 0.3) is 6.08 Å². The lowest BCUT2D eigenvalue weighted by Gasteiger charge is -2.10. The Balaban J connectivity index is 2.00. The smallest absolute Gasteiger partial charge is 0.352 e. The van der Waals surface area contributed by atoms with Crippen LogP contribution < -0.4 is 5.32 Å². The summed E-state index contributed by atoms with van der Waals surface area (Å²) in [4.78, 5) is 32.5. The molecule has 8 heteroatoms. The minimum atomic E-state index is -1.23. The van der Waals surface area contributed by atoms with E-state index in [-0.39, 0.29) is 23.0 Å². The molecular weight excluding hydrogens is 402 g/mol. The molecule has 0 aliphatic heterocycles. The molecule has 0 fully saturated rings. The molecule has 2 heterocycles. The fourth-order valence-electron chi connectivity index (χ4n) is 2.14. The third kappa shape index (κ3) is 4.04. The second-order valence-corrected chi connectivity index (χ2v) is 5.90. The predicted molar refractivity (Wildman–Crippen MR) is 97.5 cm³/mol. The summed E-state index contributed by atoms with van der Waals surface area (Å²) in [6.07, 6.45) is 4.09. The van der Waals surface area contributed by atoms with E-state index in [9.17, 15) is 14.7 Å². The van der Waals surface area contributed by atoms with Gasteiger partial charge in [-0.2, -0.15) is 0 Å². The molecule has 0 bridgehead atoms. The number of benzene rings is 1. The maximum atomic E-state index is 12.7. The summed E-state index contributed by atoms with van der Waals surface area (Å²) < 4.78 is 5.48. The van der Waals surface area contributed by atoms with Crippen LogP contribution in [0.3, 0.4) is 0 Å². The maximum absolute atomic E-state index is 12.7. The standard InChI is InChI=1S/C18H12BrN3O4/c19-14-10-20-17(15(22-14)16(23)11-5-2-1-3-6-11)21-13(18(24)25)9-12-7-4-8-26-12/h1-10H,(H,20,21)(H,24,25)/b13-9+. The minimum Gasteiger partial charge on any atom is -0.477 e. The number of hydrogen-bond acceptors (Lipinski definition) is 6. The van der Waals surface area contributed by atoms with Gasteiger partial charge < -0.3 is 14.8 Å². The summed E-state index contributed by atoms with van der Waals surface area (Å²) in [7, 11) is 0. The number of hydrogen-bond donors (Lipinski definition) is 2. The van der Waals surface area contributed by atoms with Crippen molar-refractivity contribution in [1.82, 2.24) is 9.97 Å². The highest BCUT2D eigenvalue weighted by atomic mass is 79.9. The van der Waals surface area contributed by atoms with Gasteiger partial charge in [-0.3, -0.25) is 4.79 Å². The van der Waals surface area contributed by atoms with Crippen molar-refractivity contribution in [1.29, 1.82) is 0 Å². The summed E-state index contributed by atoms with van der Waals surface area (Å²) in [5.41, 5.74) is 0.200. The van der Waals surface area contributed by atoms with Crippen LogP contribution in [0.2, 0.25) is 0 Å². The number of ketones is 1. The summed E-state index contributed by atoms with van der Waals surface area (Å²) >= 11 is 3.18. The van der Waals surface area contributed by atoms with Crippen LogP contribution in [0.1, 0.15) is 21.8 Å². The van der Waals surface area contributed by atoms with Gasteiger partial charge in [0.2, 0.25) is 5.78 Å². The van der Waals surface area contributed by atoms with Crippen molar-refractivity contribution in [2.45, 2.75) is 0 Å². The number of nitrogens with one attached hydrogen (secondary N) is 1. The molecule has 3 rings (SSSR count). The van der Waals surface area contributed by atoms with E-state index in [2.05, 4.69) is 31.2 Å². The van der Waals surface area contributed by atoms with Crippen LogP contribution in [0.15, 0.2) is 69.6 Å². The lowest BCUT2D eigenvalue weighted by atomic mass is 10.1. The van der Waals surface area contributed by atoms with E-state index >= 15 is 0 Å². The summed E-state index contributed by atoms with van der Waals surface area (Å²) in [6.45, 7) is 0. The Labute approximate surface area is 156 Å². The van der Waals surface area contributed by atoms with Crippen molar-refractivity contribution in [3.05, 3.63) is 82.2 Å². The van der Waals surface area contributed by atoms with Crippen LogP contribution in [0, 0.1) is 0 Å². The van der Waals surface area contributed by atoms with E-state index in [1.54, 1.807) is 42.5 Å². The highest BCUT2D eigenvalue weighted by molar-refractivity contribution is 9.10. The first-order chi connectivity index (χ1) is 12.5. The number of carboxylic acid groups (broad SMARTS) is 1. The van der Waals surface area contributed by atoms with Crippen LogP contribution in [0.4, 0.5) is 5.82 Å². The molecule has 0 saturated carbocycles. The van der Waals surface area contributed by atoms with Crippen molar-refractivity contribution in [3.8, 4) is 0 Å². The molecule has 0 unspecified atom stereocenters. The van der Waals surface area contributed by atoms with Gasteiger partial charge in [-0.15, -0.1) is 0 Å². The van der Waals surface area contributed by atoms with Crippen molar-refractivity contribution in [2.24, 2.45) is 0 Å². The molecule has 0 saturated heterocycles. The zero-order chi connectivity index (χ0) is 18.5. The number of furan rings is 1. The van der Waals surface area contributed by atoms with E-state index in [0.717, 1.165) is 0 Å². The monoisotopic (exact) mass is 413 g/mol. The Bertz CT molecular complexity index is 969. The van der Waals surface area contributed by atoms with E-state index in [1.807, 2.05) is 0 Å². The molecule has 2 N–H and O–H groups in total. The van der Waals surface area contributed by atoms with Gasteiger partial charge in [0, 0.05) is 11.6 Å². The first-order valence-electron chi connectivity index (χ1n) is 7.42. The van der Waals surface area contributed by atoms with Crippen LogP contribution in [0.5, 0.6) is 0 Å². The number of aromatic nitrogens is 2. The number of rotatable bonds is 6. The zero-order valence-corrected chi connectivity index (χ0v) is 14.8. The van der Waals surface area contributed by atoms with Crippen molar-refractivity contribution in [3.63, 3.8) is 0 Å². The van der Waals surface area contributed by atoms with Crippen LogP contribution >= 0.6 is 15.9 Å². The fraction of sp³-hybridized carbons (Fsp3) is 0. The van der Waals surface area contributed by atoms with Crippen molar-refractivity contribution < 1.29 is 19.1 Å². The number of carboxylic acids is 1. The van der Waals surface area contributed by atoms with E-state index in [1.165, 1.54) is 18.5 Å². The summed E-state index contributed by atoms with van der Waals surface area (Å²) in [6, 6.07) is 11.8. The second kappa shape index (κ2) is 7.75. The lowest BCUT2D eigenvalue weighted by molar-refractivity contribution is -0.132. The van der Waals surface area contributed by atoms with Crippen molar-refractivity contribution in [2.75, 3.05) is 5.32 Å². The lowest BCUT2D eigenvalue weighted by Crippen LogP contribution is -2.16. The number of carbonyl (C=O) groups is 2.